The van der Waals surface area contributed by atoms with E-state index in [1.807, 2.05) is 18.3 Å². The van der Waals surface area contributed by atoms with E-state index < -0.39 is 0 Å². The Hall–Kier alpha value is -5.67. The molecular formula is C45H35N3. The molecule has 0 spiro atoms. The first kappa shape index (κ1) is 28.5. The fourth-order valence-electron chi connectivity index (χ4n) is 8.01. The first-order valence-corrected chi connectivity index (χ1v) is 16.7. The van der Waals surface area contributed by atoms with Crippen molar-refractivity contribution in [3.63, 3.8) is 0 Å². The Morgan fingerprint density at radius 1 is 0.417 bits per heavy atom. The third-order valence-corrected chi connectivity index (χ3v) is 10.6. The lowest BCUT2D eigenvalue weighted by Crippen LogP contribution is -2.17. The van der Waals surface area contributed by atoms with E-state index in [0.29, 0.717) is 5.82 Å². The molecule has 230 valence electrons. The van der Waals surface area contributed by atoms with Crippen LogP contribution in [0.1, 0.15) is 49.9 Å². The van der Waals surface area contributed by atoms with Gasteiger partial charge in [-0.25, -0.2) is 9.97 Å². The third kappa shape index (κ3) is 4.24. The SMILES string of the molecule is CC1(C)c2ccccc2-c2ccc(-c3ccc(-c4ccc(-c5nc(-c6cccnc6)nc6c5C(C)(C)c5ccccc5-6)cc4)cc3)cc21. The maximum atomic E-state index is 5.21. The van der Waals surface area contributed by atoms with Gasteiger partial charge in [-0.1, -0.05) is 137 Å². The number of benzene rings is 5. The largest absolute Gasteiger partial charge is 0.264 e. The monoisotopic (exact) mass is 617 g/mol. The van der Waals surface area contributed by atoms with Gasteiger partial charge in [0.1, 0.15) is 0 Å². The number of pyridine rings is 1. The summed E-state index contributed by atoms with van der Waals surface area (Å²) in [4.78, 5) is 14.7. The van der Waals surface area contributed by atoms with Gasteiger partial charge in [0, 0.05) is 45.5 Å². The van der Waals surface area contributed by atoms with Crippen LogP contribution in [0.25, 0.3) is 67.3 Å². The second-order valence-electron chi connectivity index (χ2n) is 14.1. The molecule has 2 aliphatic carbocycles. The Morgan fingerprint density at radius 2 is 0.958 bits per heavy atom. The van der Waals surface area contributed by atoms with Crippen LogP contribution in [0.3, 0.4) is 0 Å². The van der Waals surface area contributed by atoms with Gasteiger partial charge in [0.25, 0.3) is 0 Å². The molecule has 2 aromatic heterocycles. The van der Waals surface area contributed by atoms with E-state index in [9.17, 15) is 0 Å². The summed E-state index contributed by atoms with van der Waals surface area (Å²) in [6, 6.07) is 46.2. The molecule has 0 radical (unpaired) electrons. The number of hydrogen-bond acceptors (Lipinski definition) is 3. The molecule has 0 atom stereocenters. The van der Waals surface area contributed by atoms with Crippen molar-refractivity contribution < 1.29 is 0 Å². The van der Waals surface area contributed by atoms with Crippen LogP contribution >= 0.6 is 0 Å². The van der Waals surface area contributed by atoms with Gasteiger partial charge in [0.05, 0.1) is 11.4 Å². The molecule has 0 unspecified atom stereocenters. The average Bonchev–Trinajstić information content (AvgIpc) is 3.51. The van der Waals surface area contributed by atoms with E-state index in [-0.39, 0.29) is 10.8 Å². The van der Waals surface area contributed by atoms with Crippen molar-refractivity contribution in [1.29, 1.82) is 0 Å². The number of hydrogen-bond donors (Lipinski definition) is 0. The highest BCUT2D eigenvalue weighted by molar-refractivity contribution is 5.87. The summed E-state index contributed by atoms with van der Waals surface area (Å²) in [5.74, 6) is 0.697. The van der Waals surface area contributed by atoms with Gasteiger partial charge in [-0.3, -0.25) is 4.98 Å². The van der Waals surface area contributed by atoms with Gasteiger partial charge < -0.3 is 0 Å². The number of nitrogens with zero attached hydrogens (tertiary/aromatic N) is 3. The molecule has 48 heavy (non-hydrogen) atoms. The fraction of sp³-hybridized carbons (Fsp3) is 0.133. The Labute approximate surface area is 282 Å². The minimum Gasteiger partial charge on any atom is -0.264 e. The molecule has 0 saturated carbocycles. The van der Waals surface area contributed by atoms with Crippen LogP contribution in [0.5, 0.6) is 0 Å². The summed E-state index contributed by atoms with van der Waals surface area (Å²) in [5, 5.41) is 0. The van der Waals surface area contributed by atoms with E-state index in [0.717, 1.165) is 22.5 Å². The minimum atomic E-state index is -0.223. The van der Waals surface area contributed by atoms with E-state index in [4.69, 9.17) is 9.97 Å². The van der Waals surface area contributed by atoms with Gasteiger partial charge in [0.2, 0.25) is 0 Å². The molecule has 7 aromatic rings. The molecule has 3 nitrogen and oxygen atoms in total. The highest BCUT2D eigenvalue weighted by atomic mass is 14.9. The van der Waals surface area contributed by atoms with E-state index >= 15 is 0 Å². The molecule has 0 bridgehead atoms. The molecule has 2 heterocycles. The maximum Gasteiger partial charge on any atom is 0.161 e. The Bertz CT molecular complexity index is 2370. The second kappa shape index (κ2) is 10.4. The van der Waals surface area contributed by atoms with Crippen molar-refractivity contribution in [2.45, 2.75) is 38.5 Å². The fourth-order valence-corrected chi connectivity index (χ4v) is 8.01. The van der Waals surface area contributed by atoms with Crippen molar-refractivity contribution in [3.8, 4) is 67.3 Å². The summed E-state index contributed by atoms with van der Waals surface area (Å²) in [7, 11) is 0. The predicted molar refractivity (Wildman–Crippen MR) is 197 cm³/mol. The first-order chi connectivity index (χ1) is 23.3. The Balaban J connectivity index is 1.07. The summed E-state index contributed by atoms with van der Waals surface area (Å²) >= 11 is 0. The van der Waals surface area contributed by atoms with Crippen molar-refractivity contribution in [2.24, 2.45) is 0 Å². The number of rotatable bonds is 4. The van der Waals surface area contributed by atoms with Crippen molar-refractivity contribution in [2.75, 3.05) is 0 Å². The average molecular weight is 618 g/mol. The lowest BCUT2D eigenvalue weighted by molar-refractivity contribution is 0.658. The summed E-state index contributed by atoms with van der Waals surface area (Å²) in [6.07, 6.45) is 3.62. The van der Waals surface area contributed by atoms with E-state index in [1.54, 1.807) is 6.20 Å². The standard InChI is InChI=1S/C45H35N3/c1-44(2)37-13-7-5-11-34(37)35-24-23-32(26-39(35)44)30-17-15-28(16-18-30)29-19-21-31(22-20-29)41-40-42(36-12-6-8-14-38(36)45(40,3)4)48-43(47-41)33-10-9-25-46-27-33/h5-27H,1-4H3. The van der Waals surface area contributed by atoms with Gasteiger partial charge in [-0.2, -0.15) is 0 Å². The quantitative estimate of drug-likeness (QED) is 0.197. The van der Waals surface area contributed by atoms with Crippen LogP contribution in [0.2, 0.25) is 0 Å². The summed E-state index contributed by atoms with van der Waals surface area (Å²) < 4.78 is 0. The molecule has 0 N–H and O–H groups in total. The predicted octanol–water partition coefficient (Wildman–Crippen LogP) is 11.2. The normalized spacial score (nSPS) is 14.6. The summed E-state index contributed by atoms with van der Waals surface area (Å²) in [5.41, 5.74) is 17.8. The van der Waals surface area contributed by atoms with Gasteiger partial charge in [-0.15, -0.1) is 0 Å². The molecule has 0 saturated heterocycles. The maximum absolute atomic E-state index is 5.21. The van der Waals surface area contributed by atoms with Gasteiger partial charge in [0.15, 0.2) is 5.82 Å². The zero-order valence-corrected chi connectivity index (χ0v) is 27.6. The van der Waals surface area contributed by atoms with Crippen LogP contribution in [-0.2, 0) is 10.8 Å². The molecule has 0 aliphatic heterocycles. The molecule has 0 amide bonds. The number of fused-ring (bicyclic) bond motifs is 6. The van der Waals surface area contributed by atoms with Crippen molar-refractivity contribution >= 4 is 0 Å². The molecule has 5 aromatic carbocycles. The van der Waals surface area contributed by atoms with E-state index in [2.05, 4.69) is 148 Å². The highest BCUT2D eigenvalue weighted by Gasteiger charge is 2.40. The smallest absolute Gasteiger partial charge is 0.161 e. The van der Waals surface area contributed by atoms with Crippen LogP contribution in [-0.4, -0.2) is 15.0 Å². The third-order valence-electron chi connectivity index (χ3n) is 10.6. The zero-order valence-electron chi connectivity index (χ0n) is 27.6. The van der Waals surface area contributed by atoms with Crippen LogP contribution in [0.15, 0.2) is 140 Å². The molecular weight excluding hydrogens is 583 g/mol. The van der Waals surface area contributed by atoms with Crippen molar-refractivity contribution in [3.05, 3.63) is 162 Å². The number of aromatic nitrogens is 3. The van der Waals surface area contributed by atoms with Gasteiger partial charge in [-0.05, 0) is 68.3 Å². The highest BCUT2D eigenvalue weighted by Crippen LogP contribution is 2.52. The Morgan fingerprint density at radius 3 is 1.62 bits per heavy atom. The van der Waals surface area contributed by atoms with Crippen LogP contribution in [0.4, 0.5) is 0 Å². The summed E-state index contributed by atoms with van der Waals surface area (Å²) in [6.45, 7) is 9.24. The zero-order chi connectivity index (χ0) is 32.6. The van der Waals surface area contributed by atoms with E-state index in [1.165, 1.54) is 61.2 Å². The lowest BCUT2D eigenvalue weighted by Gasteiger charge is -2.23. The van der Waals surface area contributed by atoms with Crippen LogP contribution < -0.4 is 0 Å². The molecule has 0 fully saturated rings. The first-order valence-electron chi connectivity index (χ1n) is 16.7. The molecule has 9 rings (SSSR count). The lowest BCUT2D eigenvalue weighted by atomic mass is 9.80. The Kier molecular flexibility index (Phi) is 6.20. The second-order valence-corrected chi connectivity index (χ2v) is 14.1. The molecule has 2 aliphatic rings. The topological polar surface area (TPSA) is 38.7 Å². The molecule has 3 heteroatoms. The van der Waals surface area contributed by atoms with Gasteiger partial charge >= 0.3 is 0 Å². The van der Waals surface area contributed by atoms with Crippen LogP contribution in [0, 0.1) is 0 Å². The van der Waals surface area contributed by atoms with Crippen molar-refractivity contribution in [1.82, 2.24) is 15.0 Å². The minimum absolute atomic E-state index is 0.00976.